The number of methoxy groups -OCH3 is 2. The van der Waals surface area contributed by atoms with Gasteiger partial charge in [-0.2, -0.15) is 0 Å². The van der Waals surface area contributed by atoms with E-state index in [1.54, 1.807) is 0 Å². The molecule has 1 heterocycles. The van der Waals surface area contributed by atoms with Crippen LogP contribution < -0.4 is 0 Å². The van der Waals surface area contributed by atoms with Crippen molar-refractivity contribution in [2.24, 2.45) is 0 Å². The van der Waals surface area contributed by atoms with E-state index in [4.69, 9.17) is 0 Å². The van der Waals surface area contributed by atoms with Crippen molar-refractivity contribution in [3.63, 3.8) is 0 Å². The second-order valence-electron chi connectivity index (χ2n) is 2.44. The number of hydrogen-bond acceptors (Lipinski definition) is 7. The molecule has 9 heteroatoms. The summed E-state index contributed by atoms with van der Waals surface area (Å²) >= 11 is 0.602. The Morgan fingerprint density at radius 2 is 1.24 bits per heavy atom. The van der Waals surface area contributed by atoms with Crippen molar-refractivity contribution in [3.05, 3.63) is 9.75 Å². The van der Waals surface area contributed by atoms with E-state index in [-0.39, 0.29) is 68.9 Å². The topological polar surface area (TPSA) is 93.1 Å². The molecule has 0 saturated heterocycles. The third-order valence-electron chi connectivity index (χ3n) is 1.60. The number of ether oxygens (including phenoxy) is 2. The van der Waals surface area contributed by atoms with Crippen LogP contribution in [-0.2, 0) is 9.47 Å². The Kier molecular flexibility index (Phi) is 9.63. The average Bonchev–Trinajstić information content (AvgIpc) is 2.54. The Morgan fingerprint density at radius 1 is 0.941 bits per heavy atom. The van der Waals surface area contributed by atoms with E-state index < -0.39 is 23.4 Å². The first kappa shape index (κ1) is 19.6. The van der Waals surface area contributed by atoms with Gasteiger partial charge in [-0.3, -0.25) is 0 Å². The van der Waals surface area contributed by atoms with E-state index in [2.05, 4.69) is 9.47 Å². The monoisotopic (exact) mass is 280 g/mol. The van der Waals surface area contributed by atoms with Crippen molar-refractivity contribution in [1.82, 2.24) is 0 Å². The number of thiophene rings is 1. The van der Waals surface area contributed by atoms with E-state index in [0.717, 1.165) is 14.2 Å². The van der Waals surface area contributed by atoms with Gasteiger partial charge in [0.2, 0.25) is 0 Å². The van der Waals surface area contributed by atoms with Crippen molar-refractivity contribution in [2.45, 2.75) is 0 Å². The summed E-state index contributed by atoms with van der Waals surface area (Å²) < 4.78 is 8.69. The van der Waals surface area contributed by atoms with Crippen LogP contribution in [0, 0.1) is 0 Å². The molecule has 17 heavy (non-hydrogen) atoms. The van der Waals surface area contributed by atoms with Gasteiger partial charge in [0.25, 0.3) is 0 Å². The molecule has 1 aromatic heterocycles. The van der Waals surface area contributed by atoms with Crippen LogP contribution in [0.15, 0.2) is 0 Å². The standard InChI is InChI=1S/C8H8O6S.2Na.2H/c1-13-7(11)5-3(9)4(10)6(15-5)8(12)14-2;;;;/h9-10H,1-2H3;;;;. The molecule has 0 aliphatic heterocycles. The summed E-state index contributed by atoms with van der Waals surface area (Å²) in [4.78, 5) is 21.7. The Morgan fingerprint density at radius 3 is 1.47 bits per heavy atom. The van der Waals surface area contributed by atoms with E-state index in [1.165, 1.54) is 0 Å². The Labute approximate surface area is 145 Å². The molecule has 86 valence electrons. The van der Waals surface area contributed by atoms with Crippen LogP contribution in [0.1, 0.15) is 19.3 Å². The van der Waals surface area contributed by atoms with Gasteiger partial charge in [-0.25, -0.2) is 9.59 Å². The molecule has 0 aliphatic carbocycles. The Balaban J connectivity index is 0. The normalized spacial score (nSPS) is 8.59. The predicted octanol–water partition coefficient (Wildman–Crippen LogP) is -0.565. The summed E-state index contributed by atoms with van der Waals surface area (Å²) in [6.45, 7) is 0. The molecule has 0 aliphatic rings. The second kappa shape index (κ2) is 8.36. The molecule has 0 unspecified atom stereocenters. The van der Waals surface area contributed by atoms with Gasteiger partial charge in [0.15, 0.2) is 21.3 Å². The van der Waals surface area contributed by atoms with Gasteiger partial charge in [-0.1, -0.05) is 0 Å². The predicted molar refractivity (Wildman–Crippen MR) is 64.6 cm³/mol. The maximum absolute atomic E-state index is 11.1. The fourth-order valence-electron chi connectivity index (χ4n) is 0.876. The molecule has 0 radical (unpaired) electrons. The van der Waals surface area contributed by atoms with Crippen molar-refractivity contribution in [1.29, 1.82) is 0 Å². The summed E-state index contributed by atoms with van der Waals surface area (Å²) in [5.41, 5.74) is 0. The van der Waals surface area contributed by atoms with Crippen molar-refractivity contribution >= 4 is 82.4 Å². The average molecular weight is 280 g/mol. The molecular weight excluding hydrogens is 270 g/mol. The molecule has 6 nitrogen and oxygen atoms in total. The molecule has 0 spiro atoms. The van der Waals surface area contributed by atoms with Crippen LogP contribution >= 0.6 is 11.3 Å². The number of esters is 2. The molecule has 0 fully saturated rings. The first-order chi connectivity index (χ1) is 7.02. The van der Waals surface area contributed by atoms with Crippen LogP contribution in [0.2, 0.25) is 0 Å². The number of rotatable bonds is 2. The number of hydrogen-bond donors (Lipinski definition) is 2. The summed E-state index contributed by atoms with van der Waals surface area (Å²) in [7, 11) is 2.24. The first-order valence-corrected chi connectivity index (χ1v) is 4.55. The van der Waals surface area contributed by atoms with E-state index in [0.29, 0.717) is 11.3 Å². The molecule has 0 amide bonds. The van der Waals surface area contributed by atoms with Gasteiger partial charge < -0.3 is 19.7 Å². The van der Waals surface area contributed by atoms with Gasteiger partial charge in [-0.05, 0) is 0 Å². The first-order valence-electron chi connectivity index (χ1n) is 3.74. The van der Waals surface area contributed by atoms with Crippen LogP contribution in [0.4, 0.5) is 0 Å². The van der Waals surface area contributed by atoms with Gasteiger partial charge in [0.1, 0.15) is 0 Å². The van der Waals surface area contributed by atoms with Crippen LogP contribution in [-0.4, -0.2) is 95.5 Å². The zero-order chi connectivity index (χ0) is 11.6. The summed E-state index contributed by atoms with van der Waals surface area (Å²) in [5, 5.41) is 18.6. The third kappa shape index (κ3) is 4.13. The number of carbonyl (C=O) groups is 2. The minimum absolute atomic E-state index is 0. The molecule has 1 rings (SSSR count). The number of carbonyl (C=O) groups excluding carboxylic acids is 2. The quantitative estimate of drug-likeness (QED) is 0.557. The maximum atomic E-state index is 11.1. The SMILES string of the molecule is COC(=O)c1sc(C(=O)OC)c(O)c1O.[NaH].[NaH]. The molecule has 0 aromatic carbocycles. The second-order valence-corrected chi connectivity index (χ2v) is 3.46. The fraction of sp³-hybridized carbons (Fsp3) is 0.250. The molecular formula is C8H10Na2O6S. The van der Waals surface area contributed by atoms with E-state index in [1.807, 2.05) is 0 Å². The summed E-state index contributed by atoms with van der Waals surface area (Å²) in [6.07, 6.45) is 0. The Bertz CT molecular complexity index is 380. The van der Waals surface area contributed by atoms with Crippen molar-refractivity contribution in [2.75, 3.05) is 14.2 Å². The van der Waals surface area contributed by atoms with E-state index in [9.17, 15) is 19.8 Å². The van der Waals surface area contributed by atoms with Crippen molar-refractivity contribution in [3.8, 4) is 11.5 Å². The summed E-state index contributed by atoms with van der Waals surface area (Å²) in [6, 6.07) is 0. The number of aromatic hydroxyl groups is 2. The van der Waals surface area contributed by atoms with Gasteiger partial charge in [0.05, 0.1) is 14.2 Å². The van der Waals surface area contributed by atoms with Gasteiger partial charge in [0, 0.05) is 0 Å². The Hall–Kier alpha value is 0.240. The van der Waals surface area contributed by atoms with E-state index >= 15 is 0 Å². The molecule has 0 bridgehead atoms. The zero-order valence-electron chi connectivity index (χ0n) is 7.94. The molecule has 1 aromatic rings. The van der Waals surface area contributed by atoms with Gasteiger partial charge in [-0.15, -0.1) is 11.3 Å². The van der Waals surface area contributed by atoms with Gasteiger partial charge >= 0.3 is 71.1 Å². The molecule has 0 saturated carbocycles. The minimum atomic E-state index is -0.831. The molecule has 2 N–H and O–H groups in total. The van der Waals surface area contributed by atoms with Crippen LogP contribution in [0.25, 0.3) is 0 Å². The van der Waals surface area contributed by atoms with Crippen LogP contribution in [0.5, 0.6) is 11.5 Å². The third-order valence-corrected chi connectivity index (χ3v) is 2.73. The van der Waals surface area contributed by atoms with Crippen molar-refractivity contribution < 1.29 is 29.3 Å². The zero-order valence-corrected chi connectivity index (χ0v) is 8.75. The fourth-order valence-corrected chi connectivity index (χ4v) is 1.80. The summed E-state index contributed by atoms with van der Waals surface area (Å²) in [5.74, 6) is -3.01. The molecule has 0 atom stereocenters. The van der Waals surface area contributed by atoms with Crippen LogP contribution in [0.3, 0.4) is 0 Å².